The zero-order valence-corrected chi connectivity index (χ0v) is 12.4. The van der Waals surface area contributed by atoms with Crippen LogP contribution in [0.25, 0.3) is 0 Å². The Morgan fingerprint density at radius 3 is 2.43 bits per heavy atom. The van der Waals surface area contributed by atoms with E-state index >= 15 is 0 Å². The van der Waals surface area contributed by atoms with E-state index in [1.165, 1.54) is 6.07 Å². The summed E-state index contributed by atoms with van der Waals surface area (Å²) >= 11 is 3.06. The number of hydrogen-bond acceptors (Lipinski definition) is 3. The molecule has 0 N–H and O–H groups in total. The molecule has 0 aliphatic rings. The number of halogens is 3. The summed E-state index contributed by atoms with van der Waals surface area (Å²) in [6.45, 7) is 0.124. The van der Waals surface area contributed by atoms with Crippen molar-refractivity contribution in [3.8, 4) is 17.6 Å². The van der Waals surface area contributed by atoms with E-state index in [4.69, 9.17) is 14.7 Å². The number of nitriles is 1. The van der Waals surface area contributed by atoms with Crippen LogP contribution in [-0.4, -0.2) is 13.2 Å². The number of nitrogens with zero attached hydrogens (tertiary/aromatic N) is 1. The van der Waals surface area contributed by atoms with Crippen molar-refractivity contribution in [2.45, 2.75) is 0 Å². The Kier molecular flexibility index (Phi) is 5.12. The molecule has 2 aromatic carbocycles. The van der Waals surface area contributed by atoms with Crippen molar-refractivity contribution in [3.63, 3.8) is 0 Å². The molecule has 21 heavy (non-hydrogen) atoms. The van der Waals surface area contributed by atoms with Crippen molar-refractivity contribution in [3.05, 3.63) is 58.1 Å². The summed E-state index contributed by atoms with van der Waals surface area (Å²) in [5.41, 5.74) is 0.400. The zero-order valence-electron chi connectivity index (χ0n) is 10.8. The van der Waals surface area contributed by atoms with Gasteiger partial charge in [0.05, 0.1) is 5.56 Å². The fourth-order valence-corrected chi connectivity index (χ4v) is 2.03. The molecule has 0 radical (unpaired) electrons. The summed E-state index contributed by atoms with van der Waals surface area (Å²) in [5.74, 6) is -1.81. The number of ether oxygens (including phenoxy) is 2. The minimum absolute atomic E-state index is 0.0204. The van der Waals surface area contributed by atoms with Gasteiger partial charge in [0.25, 0.3) is 0 Å². The molecule has 0 saturated carbocycles. The maximum absolute atomic E-state index is 13.4. The van der Waals surface area contributed by atoms with Crippen LogP contribution in [0.5, 0.6) is 11.5 Å². The van der Waals surface area contributed by atoms with Gasteiger partial charge < -0.3 is 9.47 Å². The van der Waals surface area contributed by atoms with E-state index in [2.05, 4.69) is 15.9 Å². The summed E-state index contributed by atoms with van der Waals surface area (Å²) in [6, 6.07) is 11.1. The van der Waals surface area contributed by atoms with Gasteiger partial charge in [-0.3, -0.25) is 0 Å². The van der Waals surface area contributed by atoms with Crippen molar-refractivity contribution in [1.82, 2.24) is 0 Å². The second-order valence-electron chi connectivity index (χ2n) is 4.00. The first-order valence-corrected chi connectivity index (χ1v) is 6.80. The highest BCUT2D eigenvalue weighted by Gasteiger charge is 2.11. The molecule has 0 aromatic heterocycles. The summed E-state index contributed by atoms with van der Waals surface area (Å²) in [7, 11) is 0. The van der Waals surface area contributed by atoms with Gasteiger partial charge in [0.15, 0.2) is 11.6 Å². The molecule has 0 fully saturated rings. The highest BCUT2D eigenvalue weighted by atomic mass is 79.9. The Bertz CT molecular complexity index is 686. The van der Waals surface area contributed by atoms with Gasteiger partial charge in [0, 0.05) is 4.47 Å². The summed E-state index contributed by atoms with van der Waals surface area (Å²) in [6.07, 6.45) is 0. The second-order valence-corrected chi connectivity index (χ2v) is 4.92. The van der Waals surface area contributed by atoms with E-state index in [0.717, 1.165) is 6.07 Å². The van der Waals surface area contributed by atoms with Crippen LogP contribution in [0.1, 0.15) is 5.56 Å². The van der Waals surface area contributed by atoms with Crippen molar-refractivity contribution in [2.24, 2.45) is 0 Å². The minimum Gasteiger partial charge on any atom is -0.489 e. The quantitative estimate of drug-likeness (QED) is 0.601. The largest absolute Gasteiger partial charge is 0.489 e. The zero-order chi connectivity index (χ0) is 15.2. The molecule has 108 valence electrons. The number of hydrogen-bond donors (Lipinski definition) is 0. The topological polar surface area (TPSA) is 42.2 Å². The van der Waals surface area contributed by atoms with E-state index in [1.54, 1.807) is 24.3 Å². The smallest absolute Gasteiger partial charge is 0.200 e. The van der Waals surface area contributed by atoms with Gasteiger partial charge in [-0.1, -0.05) is 28.1 Å². The average molecular weight is 354 g/mol. The Hall–Kier alpha value is -2.13. The molecule has 0 bridgehead atoms. The van der Waals surface area contributed by atoms with Gasteiger partial charge in [-0.25, -0.2) is 4.39 Å². The van der Waals surface area contributed by atoms with Crippen molar-refractivity contribution in [1.29, 1.82) is 5.26 Å². The SMILES string of the molecule is N#Cc1ccccc1OCCOc1cc(Br)cc(F)c1F. The van der Waals surface area contributed by atoms with Crippen LogP contribution in [0.2, 0.25) is 0 Å². The third-order valence-corrected chi connectivity index (χ3v) is 3.02. The molecular formula is C15H10BrF2NO2. The molecule has 0 heterocycles. The van der Waals surface area contributed by atoms with Gasteiger partial charge in [-0.2, -0.15) is 9.65 Å². The van der Waals surface area contributed by atoms with E-state index in [9.17, 15) is 8.78 Å². The lowest BCUT2D eigenvalue weighted by Gasteiger charge is -2.10. The van der Waals surface area contributed by atoms with Crippen molar-refractivity contribution < 1.29 is 18.3 Å². The third-order valence-electron chi connectivity index (χ3n) is 2.57. The molecule has 6 heteroatoms. The summed E-state index contributed by atoms with van der Waals surface area (Å²) in [5, 5.41) is 8.89. The van der Waals surface area contributed by atoms with Gasteiger partial charge in [0.2, 0.25) is 5.82 Å². The van der Waals surface area contributed by atoms with E-state index in [1.807, 2.05) is 6.07 Å². The third kappa shape index (κ3) is 3.92. The molecule has 0 aliphatic heterocycles. The minimum atomic E-state index is -1.05. The standard InChI is InChI=1S/C15H10BrF2NO2/c16-11-7-12(17)15(18)14(8-11)21-6-5-20-13-4-2-1-3-10(13)9-19/h1-4,7-8H,5-6H2. The fourth-order valence-electron chi connectivity index (χ4n) is 1.63. The maximum Gasteiger partial charge on any atom is 0.200 e. The predicted molar refractivity (Wildman–Crippen MR) is 76.2 cm³/mol. The molecule has 0 unspecified atom stereocenters. The molecule has 2 aromatic rings. The molecule has 3 nitrogen and oxygen atoms in total. The normalized spacial score (nSPS) is 10.0. The number of rotatable bonds is 5. The fraction of sp³-hybridized carbons (Fsp3) is 0.133. The number of benzene rings is 2. The van der Waals surface area contributed by atoms with Crippen LogP contribution in [0.3, 0.4) is 0 Å². The Balaban J connectivity index is 1.92. The van der Waals surface area contributed by atoms with Crippen LogP contribution in [0.15, 0.2) is 40.9 Å². The number of para-hydroxylation sites is 1. The lowest BCUT2D eigenvalue weighted by Crippen LogP contribution is -2.10. The highest BCUT2D eigenvalue weighted by Crippen LogP contribution is 2.25. The Labute approximate surface area is 128 Å². The monoisotopic (exact) mass is 353 g/mol. The van der Waals surface area contributed by atoms with E-state index in [-0.39, 0.29) is 19.0 Å². The molecule has 0 aliphatic carbocycles. The molecular weight excluding hydrogens is 344 g/mol. The van der Waals surface area contributed by atoms with Crippen LogP contribution in [-0.2, 0) is 0 Å². The molecule has 0 saturated heterocycles. The van der Waals surface area contributed by atoms with E-state index < -0.39 is 11.6 Å². The van der Waals surface area contributed by atoms with E-state index in [0.29, 0.717) is 15.8 Å². The van der Waals surface area contributed by atoms with Crippen LogP contribution < -0.4 is 9.47 Å². The van der Waals surface area contributed by atoms with Gasteiger partial charge in [-0.15, -0.1) is 0 Å². The lowest BCUT2D eigenvalue weighted by atomic mass is 10.2. The van der Waals surface area contributed by atoms with Crippen LogP contribution in [0.4, 0.5) is 8.78 Å². The first-order valence-electron chi connectivity index (χ1n) is 6.01. The lowest BCUT2D eigenvalue weighted by molar-refractivity contribution is 0.209. The van der Waals surface area contributed by atoms with Gasteiger partial charge >= 0.3 is 0 Å². The molecule has 0 spiro atoms. The summed E-state index contributed by atoms with van der Waals surface area (Å²) in [4.78, 5) is 0. The molecule has 0 atom stereocenters. The van der Waals surface area contributed by atoms with Crippen molar-refractivity contribution >= 4 is 15.9 Å². The van der Waals surface area contributed by atoms with Crippen molar-refractivity contribution in [2.75, 3.05) is 13.2 Å². The summed E-state index contributed by atoms with van der Waals surface area (Å²) < 4.78 is 37.5. The first-order chi connectivity index (χ1) is 10.1. The second kappa shape index (κ2) is 7.04. The highest BCUT2D eigenvalue weighted by molar-refractivity contribution is 9.10. The van der Waals surface area contributed by atoms with Crippen LogP contribution >= 0.6 is 15.9 Å². The van der Waals surface area contributed by atoms with Gasteiger partial charge in [0.1, 0.15) is 25.0 Å². The van der Waals surface area contributed by atoms with Gasteiger partial charge in [-0.05, 0) is 24.3 Å². The Morgan fingerprint density at radius 1 is 1.05 bits per heavy atom. The maximum atomic E-state index is 13.4. The van der Waals surface area contributed by atoms with Crippen LogP contribution in [0, 0.1) is 23.0 Å². The predicted octanol–water partition coefficient (Wildman–Crippen LogP) is 4.06. The average Bonchev–Trinajstić information content (AvgIpc) is 2.48. The molecule has 2 rings (SSSR count). The molecule has 0 amide bonds. The Morgan fingerprint density at radius 2 is 1.71 bits per heavy atom. The first kappa shape index (κ1) is 15.3.